The van der Waals surface area contributed by atoms with Crippen molar-refractivity contribution in [1.82, 2.24) is 28.8 Å². The Hall–Kier alpha value is -3.88. The van der Waals surface area contributed by atoms with Crippen molar-refractivity contribution in [3.8, 4) is 11.1 Å². The maximum Gasteiger partial charge on any atom is 0.274 e. The molecule has 1 aromatic carbocycles. The Kier molecular flexibility index (Phi) is 6.62. The molecule has 194 valence electrons. The molecule has 1 saturated heterocycles. The first-order chi connectivity index (χ1) is 17.8. The third-order valence-corrected chi connectivity index (χ3v) is 7.44. The Morgan fingerprint density at radius 3 is 2.54 bits per heavy atom. The van der Waals surface area contributed by atoms with Crippen LogP contribution in [0.15, 0.2) is 47.8 Å². The zero-order valence-corrected chi connectivity index (χ0v) is 22.3. The van der Waals surface area contributed by atoms with Gasteiger partial charge in [-0.3, -0.25) is 19.0 Å². The molecule has 1 aliphatic heterocycles. The number of fused-ring (bicyclic) bond motifs is 1. The number of benzene rings is 1. The van der Waals surface area contributed by atoms with Gasteiger partial charge in [0.25, 0.3) is 5.56 Å². The SMILES string of the molecule is CCCn1cc(C)c(Cn2c3cc(-c4cnc(N5CCN(C(C)=O)[C@H](C)C5)nc4)ccc3c(=O)n2C)c1. The molecule has 4 heterocycles. The van der Waals surface area contributed by atoms with E-state index in [0.717, 1.165) is 29.6 Å². The first kappa shape index (κ1) is 24.8. The van der Waals surface area contributed by atoms with Crippen molar-refractivity contribution in [1.29, 1.82) is 0 Å². The van der Waals surface area contributed by atoms with Gasteiger partial charge in [0.1, 0.15) is 0 Å². The lowest BCUT2D eigenvalue weighted by atomic mass is 10.1. The average molecular weight is 502 g/mol. The van der Waals surface area contributed by atoms with Gasteiger partial charge < -0.3 is 14.4 Å². The molecule has 0 aliphatic carbocycles. The Balaban J connectivity index is 1.42. The van der Waals surface area contributed by atoms with E-state index in [-0.39, 0.29) is 17.5 Å². The van der Waals surface area contributed by atoms with Gasteiger partial charge in [-0.25, -0.2) is 9.97 Å². The summed E-state index contributed by atoms with van der Waals surface area (Å²) >= 11 is 0. The van der Waals surface area contributed by atoms with Crippen LogP contribution < -0.4 is 10.5 Å². The van der Waals surface area contributed by atoms with E-state index in [4.69, 9.17) is 0 Å². The van der Waals surface area contributed by atoms with Gasteiger partial charge in [0.05, 0.1) is 17.4 Å². The van der Waals surface area contributed by atoms with E-state index in [9.17, 15) is 9.59 Å². The van der Waals surface area contributed by atoms with E-state index >= 15 is 0 Å². The van der Waals surface area contributed by atoms with Crippen molar-refractivity contribution in [3.63, 3.8) is 0 Å². The number of amides is 1. The van der Waals surface area contributed by atoms with Gasteiger partial charge in [0.2, 0.25) is 11.9 Å². The van der Waals surface area contributed by atoms with Crippen LogP contribution in [0.2, 0.25) is 0 Å². The number of rotatable bonds is 6. The van der Waals surface area contributed by atoms with Crippen molar-refractivity contribution >= 4 is 22.8 Å². The first-order valence-corrected chi connectivity index (χ1v) is 13.0. The van der Waals surface area contributed by atoms with Crippen LogP contribution >= 0.6 is 0 Å². The Labute approximate surface area is 216 Å². The van der Waals surface area contributed by atoms with Gasteiger partial charge in [0, 0.05) is 76.5 Å². The molecule has 1 amide bonds. The van der Waals surface area contributed by atoms with Crippen LogP contribution in [0.25, 0.3) is 22.0 Å². The Bertz CT molecular complexity index is 1500. The van der Waals surface area contributed by atoms with Crippen LogP contribution in [-0.4, -0.2) is 60.4 Å². The maximum atomic E-state index is 13.0. The lowest BCUT2D eigenvalue weighted by Gasteiger charge is -2.39. The lowest BCUT2D eigenvalue weighted by Crippen LogP contribution is -2.53. The average Bonchev–Trinajstić information content (AvgIpc) is 3.35. The predicted molar refractivity (Wildman–Crippen MR) is 146 cm³/mol. The molecule has 1 aliphatic rings. The van der Waals surface area contributed by atoms with E-state index < -0.39 is 0 Å². The van der Waals surface area contributed by atoms with Crippen LogP contribution in [0.4, 0.5) is 5.95 Å². The van der Waals surface area contributed by atoms with Gasteiger partial charge in [-0.05, 0) is 49.1 Å². The highest BCUT2D eigenvalue weighted by molar-refractivity contribution is 5.84. The number of anilines is 1. The van der Waals surface area contributed by atoms with Crippen molar-refractivity contribution in [2.24, 2.45) is 7.05 Å². The molecular weight excluding hydrogens is 466 g/mol. The molecule has 9 heteroatoms. The Morgan fingerprint density at radius 2 is 1.86 bits per heavy atom. The number of aromatic nitrogens is 5. The molecule has 0 N–H and O–H groups in total. The normalized spacial score (nSPS) is 16.1. The Morgan fingerprint density at radius 1 is 1.11 bits per heavy atom. The monoisotopic (exact) mass is 501 g/mol. The van der Waals surface area contributed by atoms with Crippen molar-refractivity contribution in [2.45, 2.75) is 53.2 Å². The van der Waals surface area contributed by atoms with E-state index in [1.54, 1.807) is 11.6 Å². The summed E-state index contributed by atoms with van der Waals surface area (Å²) in [4.78, 5) is 38.1. The highest BCUT2D eigenvalue weighted by Crippen LogP contribution is 2.25. The second kappa shape index (κ2) is 9.88. The fraction of sp³-hybridized carbons (Fsp3) is 0.429. The molecule has 4 aromatic rings. The summed E-state index contributed by atoms with van der Waals surface area (Å²) in [5.41, 5.74) is 5.19. The van der Waals surface area contributed by atoms with Crippen LogP contribution in [0.1, 0.15) is 38.3 Å². The fourth-order valence-electron chi connectivity index (χ4n) is 5.37. The molecule has 9 nitrogen and oxygen atoms in total. The third-order valence-electron chi connectivity index (χ3n) is 7.44. The number of nitrogens with zero attached hydrogens (tertiary/aromatic N) is 7. The molecular formula is C28H35N7O2. The molecule has 0 unspecified atom stereocenters. The van der Waals surface area contributed by atoms with E-state index in [0.29, 0.717) is 37.5 Å². The van der Waals surface area contributed by atoms with E-state index in [1.165, 1.54) is 11.1 Å². The van der Waals surface area contributed by atoms with Crippen LogP contribution in [0.3, 0.4) is 0 Å². The summed E-state index contributed by atoms with van der Waals surface area (Å²) in [5, 5.41) is 0.701. The lowest BCUT2D eigenvalue weighted by molar-refractivity contribution is -0.131. The minimum atomic E-state index is -0.00221. The number of aryl methyl sites for hydroxylation is 2. The molecule has 5 rings (SSSR count). The number of carbonyl (C=O) groups excluding carboxylic acids is 1. The van der Waals surface area contributed by atoms with Gasteiger partial charge in [-0.1, -0.05) is 13.0 Å². The second-order valence-corrected chi connectivity index (χ2v) is 10.1. The summed E-state index contributed by atoms with van der Waals surface area (Å²) in [5.74, 6) is 0.774. The third kappa shape index (κ3) is 4.65. The van der Waals surface area contributed by atoms with Crippen LogP contribution in [-0.2, 0) is 24.9 Å². The molecule has 37 heavy (non-hydrogen) atoms. The topological polar surface area (TPSA) is 81.2 Å². The van der Waals surface area contributed by atoms with Crippen LogP contribution in [0.5, 0.6) is 0 Å². The number of carbonyl (C=O) groups is 1. The van der Waals surface area contributed by atoms with E-state index in [1.807, 2.05) is 41.2 Å². The summed E-state index contributed by atoms with van der Waals surface area (Å²) < 4.78 is 5.97. The van der Waals surface area contributed by atoms with Crippen molar-refractivity contribution < 1.29 is 4.79 Å². The molecule has 0 radical (unpaired) electrons. The van der Waals surface area contributed by atoms with Gasteiger partial charge >= 0.3 is 0 Å². The van der Waals surface area contributed by atoms with Crippen molar-refractivity contribution in [2.75, 3.05) is 24.5 Å². The minimum Gasteiger partial charge on any atom is -0.354 e. The fourth-order valence-corrected chi connectivity index (χ4v) is 5.37. The summed E-state index contributed by atoms with van der Waals surface area (Å²) in [7, 11) is 1.82. The van der Waals surface area contributed by atoms with Gasteiger partial charge in [-0.15, -0.1) is 0 Å². The van der Waals surface area contributed by atoms with E-state index in [2.05, 4.69) is 58.7 Å². The molecule has 1 atom stereocenters. The molecule has 0 spiro atoms. The number of hydrogen-bond acceptors (Lipinski definition) is 5. The summed E-state index contributed by atoms with van der Waals surface area (Å²) in [6.07, 6.45) is 9.12. The highest BCUT2D eigenvalue weighted by atomic mass is 16.2. The second-order valence-electron chi connectivity index (χ2n) is 10.1. The molecule has 1 fully saturated rings. The highest BCUT2D eigenvalue weighted by Gasteiger charge is 2.26. The number of piperazine rings is 1. The smallest absolute Gasteiger partial charge is 0.274 e. The van der Waals surface area contributed by atoms with Gasteiger partial charge in [0.15, 0.2) is 0 Å². The van der Waals surface area contributed by atoms with Crippen molar-refractivity contribution in [3.05, 3.63) is 64.5 Å². The summed E-state index contributed by atoms with van der Waals surface area (Å²) in [6, 6.07) is 6.04. The molecule has 0 bridgehead atoms. The van der Waals surface area contributed by atoms with Crippen LogP contribution in [0, 0.1) is 6.92 Å². The summed E-state index contributed by atoms with van der Waals surface area (Å²) in [6.45, 7) is 11.7. The standard InChI is InChI=1S/C28H35N7O2/c1-6-9-32-15-19(2)24(17-32)18-35-26-12-22(7-8-25(26)27(37)31(35)5)23-13-29-28(30-14-23)33-10-11-34(21(4)36)20(3)16-33/h7-8,12-15,17,20H,6,9-11,16,18H2,1-5H3/t20-/m1/s1. The quantitative estimate of drug-likeness (QED) is 0.404. The molecule has 3 aromatic heterocycles. The first-order valence-electron chi connectivity index (χ1n) is 13.0. The molecule has 0 saturated carbocycles. The number of hydrogen-bond donors (Lipinski definition) is 0. The zero-order valence-electron chi connectivity index (χ0n) is 22.3. The minimum absolute atomic E-state index is 0.00221. The zero-order chi connectivity index (χ0) is 26.3. The van der Waals surface area contributed by atoms with Gasteiger partial charge in [-0.2, -0.15) is 0 Å². The predicted octanol–water partition coefficient (Wildman–Crippen LogP) is 3.42. The maximum absolute atomic E-state index is 13.0. The largest absolute Gasteiger partial charge is 0.354 e.